The third kappa shape index (κ3) is 3.15. The van der Waals surface area contributed by atoms with Crippen molar-refractivity contribution in [3.05, 3.63) is 0 Å². The van der Waals surface area contributed by atoms with Gasteiger partial charge in [0.25, 0.3) is 0 Å². The van der Waals surface area contributed by atoms with Crippen LogP contribution in [0.25, 0.3) is 0 Å². The second kappa shape index (κ2) is 5.59. The van der Waals surface area contributed by atoms with Crippen LogP contribution < -0.4 is 5.32 Å². The molecule has 0 bridgehead atoms. The van der Waals surface area contributed by atoms with Crippen LogP contribution in [-0.4, -0.2) is 41.1 Å². The summed E-state index contributed by atoms with van der Waals surface area (Å²) in [6.45, 7) is 2.96. The topological polar surface area (TPSA) is 69.6 Å². The van der Waals surface area contributed by atoms with Crippen LogP contribution >= 0.6 is 0 Å². The number of likely N-dealkylation sites (tertiary alicyclic amines) is 1. The van der Waals surface area contributed by atoms with Crippen molar-refractivity contribution in [1.82, 2.24) is 10.2 Å². The zero-order valence-corrected chi connectivity index (χ0v) is 10.9. The summed E-state index contributed by atoms with van der Waals surface area (Å²) in [4.78, 5) is 24.1. The average Bonchev–Trinajstić information content (AvgIpc) is 2.41. The molecule has 0 spiro atoms. The van der Waals surface area contributed by atoms with Gasteiger partial charge in [-0.15, -0.1) is 0 Å². The molecule has 5 heteroatoms. The Morgan fingerprint density at radius 2 is 1.89 bits per heavy atom. The maximum absolute atomic E-state index is 11.9. The van der Waals surface area contributed by atoms with Gasteiger partial charge >= 0.3 is 12.0 Å². The Hall–Kier alpha value is -1.26. The van der Waals surface area contributed by atoms with E-state index >= 15 is 0 Å². The number of carbonyl (C=O) groups excluding carboxylic acids is 1. The van der Waals surface area contributed by atoms with Crippen molar-refractivity contribution in [2.75, 3.05) is 13.1 Å². The predicted octanol–water partition coefficient (Wildman–Crippen LogP) is 1.68. The first-order valence-electron chi connectivity index (χ1n) is 6.84. The summed E-state index contributed by atoms with van der Waals surface area (Å²) in [5.74, 6) is -0.417. The van der Waals surface area contributed by atoms with Gasteiger partial charge in [-0.2, -0.15) is 0 Å². The van der Waals surface area contributed by atoms with E-state index in [1.54, 1.807) is 4.90 Å². The molecular weight excluding hydrogens is 232 g/mol. The normalized spacial score (nSPS) is 29.3. The van der Waals surface area contributed by atoms with Gasteiger partial charge in [0.05, 0.1) is 5.92 Å². The number of carboxylic acids is 1. The van der Waals surface area contributed by atoms with Crippen LogP contribution in [0.4, 0.5) is 4.79 Å². The van der Waals surface area contributed by atoms with Gasteiger partial charge in [0.15, 0.2) is 0 Å². The number of amides is 2. The average molecular weight is 254 g/mol. The lowest BCUT2D eigenvalue weighted by molar-refractivity contribution is -0.146. The van der Waals surface area contributed by atoms with E-state index in [1.165, 1.54) is 19.3 Å². The molecule has 2 amide bonds. The Morgan fingerprint density at radius 1 is 1.17 bits per heavy atom. The summed E-state index contributed by atoms with van der Waals surface area (Å²) >= 11 is 0. The lowest BCUT2D eigenvalue weighted by Gasteiger charge is -2.37. The molecule has 0 radical (unpaired) electrons. The summed E-state index contributed by atoms with van der Waals surface area (Å²) in [5, 5.41) is 11.8. The summed E-state index contributed by atoms with van der Waals surface area (Å²) in [6.07, 6.45) is 5.68. The Morgan fingerprint density at radius 3 is 2.56 bits per heavy atom. The van der Waals surface area contributed by atoms with Crippen LogP contribution in [-0.2, 0) is 4.79 Å². The summed E-state index contributed by atoms with van der Waals surface area (Å²) in [6, 6.07) is 0.179. The number of urea groups is 1. The van der Waals surface area contributed by atoms with Crippen LogP contribution in [0.15, 0.2) is 0 Å². The maximum Gasteiger partial charge on any atom is 0.317 e. The molecule has 1 aliphatic carbocycles. The molecule has 1 aliphatic heterocycles. The molecule has 2 rings (SSSR count). The minimum atomic E-state index is -0.803. The SMILES string of the molecule is CC1CCCC(NC(=O)N2CC(C(=O)O)C2)CC1. The highest BCUT2D eigenvalue weighted by Gasteiger charge is 2.36. The molecule has 0 aromatic heterocycles. The van der Waals surface area contributed by atoms with E-state index in [0.29, 0.717) is 13.1 Å². The summed E-state index contributed by atoms with van der Waals surface area (Å²) in [7, 11) is 0. The number of nitrogens with zero attached hydrogens (tertiary/aromatic N) is 1. The van der Waals surface area contributed by atoms with Crippen molar-refractivity contribution in [2.45, 2.75) is 45.1 Å². The number of nitrogens with one attached hydrogen (secondary N) is 1. The van der Waals surface area contributed by atoms with E-state index in [1.807, 2.05) is 0 Å². The fourth-order valence-electron chi connectivity index (χ4n) is 2.70. The molecule has 5 nitrogen and oxygen atoms in total. The van der Waals surface area contributed by atoms with Gasteiger partial charge in [0, 0.05) is 19.1 Å². The zero-order valence-electron chi connectivity index (χ0n) is 10.9. The second-order valence-electron chi connectivity index (χ2n) is 5.70. The van der Waals surface area contributed by atoms with Gasteiger partial charge in [0.2, 0.25) is 0 Å². The van der Waals surface area contributed by atoms with Crippen molar-refractivity contribution in [2.24, 2.45) is 11.8 Å². The summed E-state index contributed by atoms with van der Waals surface area (Å²) < 4.78 is 0. The highest BCUT2D eigenvalue weighted by atomic mass is 16.4. The molecule has 0 aromatic carbocycles. The largest absolute Gasteiger partial charge is 0.481 e. The summed E-state index contributed by atoms with van der Waals surface area (Å²) in [5.41, 5.74) is 0. The first-order chi connectivity index (χ1) is 8.56. The molecule has 2 fully saturated rings. The van der Waals surface area contributed by atoms with E-state index in [0.717, 1.165) is 18.8 Å². The van der Waals surface area contributed by atoms with Crippen LogP contribution in [0.2, 0.25) is 0 Å². The van der Waals surface area contributed by atoms with Crippen molar-refractivity contribution in [1.29, 1.82) is 0 Å². The fourth-order valence-corrected chi connectivity index (χ4v) is 2.70. The quantitative estimate of drug-likeness (QED) is 0.737. The highest BCUT2D eigenvalue weighted by Crippen LogP contribution is 2.23. The van der Waals surface area contributed by atoms with E-state index in [-0.39, 0.29) is 18.0 Å². The molecule has 1 heterocycles. The molecule has 1 saturated carbocycles. The number of hydrogen-bond acceptors (Lipinski definition) is 2. The molecule has 2 atom stereocenters. The highest BCUT2D eigenvalue weighted by molar-refractivity contribution is 5.79. The number of hydrogen-bond donors (Lipinski definition) is 2. The third-order valence-electron chi connectivity index (χ3n) is 4.10. The van der Waals surface area contributed by atoms with Gasteiger partial charge in [0.1, 0.15) is 0 Å². The molecule has 2 unspecified atom stereocenters. The fraction of sp³-hybridized carbons (Fsp3) is 0.846. The van der Waals surface area contributed by atoms with E-state index in [2.05, 4.69) is 12.2 Å². The minimum Gasteiger partial charge on any atom is -0.481 e. The Bertz CT molecular complexity index is 326. The zero-order chi connectivity index (χ0) is 13.1. The lowest BCUT2D eigenvalue weighted by atomic mass is 10.0. The first kappa shape index (κ1) is 13.2. The van der Waals surface area contributed by atoms with Gasteiger partial charge in [-0.25, -0.2) is 4.79 Å². The molecule has 102 valence electrons. The molecule has 0 aromatic rings. The minimum absolute atomic E-state index is 0.0907. The van der Waals surface area contributed by atoms with Gasteiger partial charge in [-0.1, -0.05) is 19.8 Å². The maximum atomic E-state index is 11.9. The Balaban J connectivity index is 1.73. The van der Waals surface area contributed by atoms with Crippen LogP contribution in [0.5, 0.6) is 0 Å². The van der Waals surface area contributed by atoms with Gasteiger partial charge in [-0.3, -0.25) is 4.79 Å². The van der Waals surface area contributed by atoms with Crippen molar-refractivity contribution >= 4 is 12.0 Å². The van der Waals surface area contributed by atoms with Gasteiger partial charge < -0.3 is 15.3 Å². The third-order valence-corrected chi connectivity index (χ3v) is 4.10. The number of carbonyl (C=O) groups is 2. The van der Waals surface area contributed by atoms with Crippen LogP contribution in [0.3, 0.4) is 0 Å². The van der Waals surface area contributed by atoms with Crippen LogP contribution in [0.1, 0.15) is 39.0 Å². The van der Waals surface area contributed by atoms with E-state index in [9.17, 15) is 9.59 Å². The lowest BCUT2D eigenvalue weighted by Crippen LogP contribution is -2.57. The van der Waals surface area contributed by atoms with Crippen LogP contribution in [0, 0.1) is 11.8 Å². The Labute approximate surface area is 108 Å². The standard InChI is InChI=1S/C13H22N2O3/c1-9-3-2-4-11(6-5-9)14-13(18)15-7-10(8-15)12(16)17/h9-11H,2-8H2,1H3,(H,14,18)(H,16,17). The van der Waals surface area contributed by atoms with E-state index < -0.39 is 5.97 Å². The second-order valence-corrected chi connectivity index (χ2v) is 5.70. The molecule has 18 heavy (non-hydrogen) atoms. The van der Waals surface area contributed by atoms with Crippen molar-refractivity contribution in [3.8, 4) is 0 Å². The van der Waals surface area contributed by atoms with Gasteiger partial charge in [-0.05, 0) is 25.2 Å². The number of carboxylic acid groups (broad SMARTS) is 1. The van der Waals surface area contributed by atoms with Crippen molar-refractivity contribution < 1.29 is 14.7 Å². The molecular formula is C13H22N2O3. The monoisotopic (exact) mass is 254 g/mol. The van der Waals surface area contributed by atoms with Crippen molar-refractivity contribution in [3.63, 3.8) is 0 Å². The molecule has 2 aliphatic rings. The number of aliphatic carboxylic acids is 1. The smallest absolute Gasteiger partial charge is 0.317 e. The molecule has 2 N–H and O–H groups in total. The molecule has 1 saturated heterocycles. The Kier molecular flexibility index (Phi) is 4.09. The van der Waals surface area contributed by atoms with E-state index in [4.69, 9.17) is 5.11 Å². The predicted molar refractivity (Wildman–Crippen MR) is 67.3 cm³/mol. The first-order valence-corrected chi connectivity index (χ1v) is 6.84. The number of rotatable bonds is 2.